The molecular formula is C11H9F3N4S. The molecule has 1 aromatic carbocycles. The van der Waals surface area contributed by atoms with Crippen LogP contribution in [0, 0.1) is 17.5 Å². The van der Waals surface area contributed by atoms with Crippen molar-refractivity contribution >= 4 is 29.1 Å². The Kier molecular flexibility index (Phi) is 3.79. The molecule has 1 aromatic heterocycles. The fourth-order valence-electron chi connectivity index (χ4n) is 1.37. The van der Waals surface area contributed by atoms with E-state index in [0.29, 0.717) is 5.16 Å². The van der Waals surface area contributed by atoms with Crippen molar-refractivity contribution in [3.63, 3.8) is 0 Å². The molecule has 0 bridgehead atoms. The summed E-state index contributed by atoms with van der Waals surface area (Å²) in [5, 5.41) is 3.05. The fraction of sp³-hybridized carbons (Fsp3) is 0.0909. The lowest BCUT2D eigenvalue weighted by molar-refractivity contribution is 0.448. The van der Waals surface area contributed by atoms with Crippen LogP contribution in [0.3, 0.4) is 0 Å². The van der Waals surface area contributed by atoms with Gasteiger partial charge in [0.1, 0.15) is 11.6 Å². The largest absolute Gasteiger partial charge is 0.383 e. The molecular weight excluding hydrogens is 277 g/mol. The van der Waals surface area contributed by atoms with E-state index in [2.05, 4.69) is 15.3 Å². The molecule has 0 saturated heterocycles. The van der Waals surface area contributed by atoms with E-state index in [-0.39, 0.29) is 17.3 Å². The van der Waals surface area contributed by atoms with E-state index in [1.54, 1.807) is 6.26 Å². The van der Waals surface area contributed by atoms with Gasteiger partial charge in [0, 0.05) is 23.9 Å². The maximum atomic E-state index is 13.1. The number of thioether (sulfide) groups is 1. The third-order valence-corrected chi connectivity index (χ3v) is 2.71. The van der Waals surface area contributed by atoms with Crippen molar-refractivity contribution in [2.75, 3.05) is 17.3 Å². The van der Waals surface area contributed by atoms with Gasteiger partial charge in [-0.05, 0) is 6.26 Å². The highest BCUT2D eigenvalue weighted by Gasteiger charge is 2.11. The molecule has 1 heterocycles. The molecule has 0 radical (unpaired) electrons. The predicted octanol–water partition coefficient (Wildman–Crippen LogP) is 2.94. The van der Waals surface area contributed by atoms with Gasteiger partial charge >= 0.3 is 0 Å². The molecule has 100 valence electrons. The Balaban J connectivity index is 2.33. The third kappa shape index (κ3) is 3.08. The lowest BCUT2D eigenvalue weighted by Gasteiger charge is -2.08. The third-order valence-electron chi connectivity index (χ3n) is 2.16. The monoisotopic (exact) mass is 286 g/mol. The van der Waals surface area contributed by atoms with E-state index in [1.807, 2.05) is 0 Å². The van der Waals surface area contributed by atoms with Crippen LogP contribution in [0.2, 0.25) is 0 Å². The van der Waals surface area contributed by atoms with Crippen LogP contribution < -0.4 is 11.1 Å². The summed E-state index contributed by atoms with van der Waals surface area (Å²) in [6, 6.07) is 3.06. The molecule has 19 heavy (non-hydrogen) atoms. The Morgan fingerprint density at radius 2 is 1.74 bits per heavy atom. The molecule has 2 aromatic rings. The van der Waals surface area contributed by atoms with Gasteiger partial charge < -0.3 is 11.1 Å². The molecule has 0 spiro atoms. The molecule has 8 heteroatoms. The summed E-state index contributed by atoms with van der Waals surface area (Å²) >= 11 is 1.27. The van der Waals surface area contributed by atoms with Crippen molar-refractivity contribution in [3.8, 4) is 0 Å². The van der Waals surface area contributed by atoms with Crippen molar-refractivity contribution in [1.29, 1.82) is 0 Å². The number of benzene rings is 1. The van der Waals surface area contributed by atoms with Crippen molar-refractivity contribution in [2.24, 2.45) is 0 Å². The summed E-state index contributed by atoms with van der Waals surface area (Å²) in [6.07, 6.45) is 1.76. The van der Waals surface area contributed by atoms with Gasteiger partial charge in [-0.25, -0.2) is 23.1 Å². The summed E-state index contributed by atoms with van der Waals surface area (Å²) < 4.78 is 38.9. The van der Waals surface area contributed by atoms with Crippen LogP contribution in [0.4, 0.5) is 30.5 Å². The second-order valence-electron chi connectivity index (χ2n) is 3.54. The van der Waals surface area contributed by atoms with E-state index < -0.39 is 17.5 Å². The van der Waals surface area contributed by atoms with E-state index in [1.165, 1.54) is 17.8 Å². The van der Waals surface area contributed by atoms with E-state index in [9.17, 15) is 13.2 Å². The van der Waals surface area contributed by atoms with Gasteiger partial charge in [-0.2, -0.15) is 0 Å². The van der Waals surface area contributed by atoms with Gasteiger partial charge in [0.15, 0.2) is 22.6 Å². The lowest BCUT2D eigenvalue weighted by atomic mass is 10.3. The Bertz CT molecular complexity index is 598. The number of anilines is 3. The molecule has 0 aliphatic carbocycles. The first-order chi connectivity index (χ1) is 8.99. The maximum absolute atomic E-state index is 13.1. The van der Waals surface area contributed by atoms with Crippen LogP contribution in [0.1, 0.15) is 0 Å². The van der Waals surface area contributed by atoms with Gasteiger partial charge in [0.25, 0.3) is 0 Å². The SMILES string of the molecule is CSc1nc(N)cc(Nc2cc(F)c(F)c(F)c2)n1. The summed E-state index contributed by atoms with van der Waals surface area (Å²) in [5.74, 6) is -3.60. The normalized spacial score (nSPS) is 10.5. The van der Waals surface area contributed by atoms with Gasteiger partial charge in [-0.15, -0.1) is 0 Å². The molecule has 0 saturated carbocycles. The molecule has 0 aliphatic heterocycles. The lowest BCUT2D eigenvalue weighted by Crippen LogP contribution is -2.01. The van der Waals surface area contributed by atoms with Crippen molar-refractivity contribution in [2.45, 2.75) is 5.16 Å². The number of aromatic nitrogens is 2. The molecule has 4 nitrogen and oxygen atoms in total. The Labute approximate surface area is 111 Å². The highest BCUT2D eigenvalue weighted by Crippen LogP contribution is 2.22. The number of nitrogens with one attached hydrogen (secondary N) is 1. The highest BCUT2D eigenvalue weighted by molar-refractivity contribution is 7.98. The smallest absolute Gasteiger partial charge is 0.194 e. The second-order valence-corrected chi connectivity index (χ2v) is 4.32. The minimum absolute atomic E-state index is 0.0292. The topological polar surface area (TPSA) is 63.8 Å². The molecule has 0 atom stereocenters. The number of hydrogen-bond donors (Lipinski definition) is 2. The molecule has 0 unspecified atom stereocenters. The van der Waals surface area contributed by atoms with Crippen LogP contribution in [-0.4, -0.2) is 16.2 Å². The molecule has 0 aliphatic rings. The van der Waals surface area contributed by atoms with Crippen molar-refractivity contribution in [1.82, 2.24) is 9.97 Å². The van der Waals surface area contributed by atoms with Crippen molar-refractivity contribution in [3.05, 3.63) is 35.7 Å². The quantitative estimate of drug-likeness (QED) is 0.516. The first kappa shape index (κ1) is 13.5. The molecule has 0 amide bonds. The summed E-state index contributed by atoms with van der Waals surface area (Å²) in [4.78, 5) is 7.98. The minimum Gasteiger partial charge on any atom is -0.383 e. The average Bonchev–Trinajstić information content (AvgIpc) is 2.35. The molecule has 2 rings (SSSR count). The average molecular weight is 286 g/mol. The number of nitrogen functional groups attached to an aromatic ring is 1. The maximum Gasteiger partial charge on any atom is 0.194 e. The summed E-state index contributed by atoms with van der Waals surface area (Å²) in [7, 11) is 0. The van der Waals surface area contributed by atoms with E-state index in [4.69, 9.17) is 5.73 Å². The Morgan fingerprint density at radius 3 is 2.32 bits per heavy atom. The first-order valence-corrected chi connectivity index (χ1v) is 6.32. The molecule has 0 fully saturated rings. The predicted molar refractivity (Wildman–Crippen MR) is 67.8 cm³/mol. The number of nitrogens with two attached hydrogens (primary N) is 1. The Morgan fingerprint density at radius 1 is 1.11 bits per heavy atom. The van der Waals surface area contributed by atoms with Gasteiger partial charge in [-0.3, -0.25) is 0 Å². The zero-order valence-corrected chi connectivity index (χ0v) is 10.6. The molecule has 3 N–H and O–H groups in total. The van der Waals surface area contributed by atoms with Crippen LogP contribution in [-0.2, 0) is 0 Å². The van der Waals surface area contributed by atoms with Crippen LogP contribution >= 0.6 is 11.8 Å². The van der Waals surface area contributed by atoms with Gasteiger partial charge in [0.2, 0.25) is 0 Å². The minimum atomic E-state index is -1.52. The zero-order valence-electron chi connectivity index (χ0n) is 9.75. The number of nitrogens with zero attached hydrogens (tertiary/aromatic N) is 2. The number of hydrogen-bond acceptors (Lipinski definition) is 5. The van der Waals surface area contributed by atoms with E-state index in [0.717, 1.165) is 12.1 Å². The van der Waals surface area contributed by atoms with Crippen LogP contribution in [0.25, 0.3) is 0 Å². The van der Waals surface area contributed by atoms with Gasteiger partial charge in [0.05, 0.1) is 0 Å². The standard InChI is InChI=1S/C11H9F3N4S/c1-19-11-17-8(15)4-9(18-11)16-5-2-6(12)10(14)7(13)3-5/h2-4H,1H3,(H3,15,16,17,18). The van der Waals surface area contributed by atoms with Crippen LogP contribution in [0.15, 0.2) is 23.4 Å². The van der Waals surface area contributed by atoms with Gasteiger partial charge in [-0.1, -0.05) is 11.8 Å². The summed E-state index contributed by atoms with van der Waals surface area (Å²) in [5.41, 5.74) is 5.59. The first-order valence-electron chi connectivity index (χ1n) is 5.09. The van der Waals surface area contributed by atoms with E-state index >= 15 is 0 Å². The number of rotatable bonds is 3. The fourth-order valence-corrected chi connectivity index (χ4v) is 1.76. The van der Waals surface area contributed by atoms with Crippen LogP contribution in [0.5, 0.6) is 0 Å². The highest BCUT2D eigenvalue weighted by atomic mass is 32.2. The second kappa shape index (κ2) is 5.35. The summed E-state index contributed by atoms with van der Waals surface area (Å²) in [6.45, 7) is 0. The Hall–Kier alpha value is -1.96. The van der Waals surface area contributed by atoms with Crippen molar-refractivity contribution < 1.29 is 13.2 Å². The zero-order chi connectivity index (χ0) is 14.0. The number of halogens is 3.